The minimum atomic E-state index is -0.149. The van der Waals surface area contributed by atoms with E-state index in [0.29, 0.717) is 28.6 Å². The molecule has 0 bridgehead atoms. The lowest BCUT2D eigenvalue weighted by Gasteiger charge is -2.15. The SMILES string of the molecule is COc1ccccc1Oc1cc(-c2cccc(C(=O)N[C@H](C)c3ccc(C)cc3)c2)ncn1. The maximum absolute atomic E-state index is 12.9. The molecule has 1 amide bonds. The summed E-state index contributed by atoms with van der Waals surface area (Å²) >= 11 is 0. The van der Waals surface area contributed by atoms with Crippen molar-refractivity contribution < 1.29 is 14.3 Å². The van der Waals surface area contributed by atoms with E-state index in [2.05, 4.69) is 15.3 Å². The van der Waals surface area contributed by atoms with Crippen molar-refractivity contribution >= 4 is 5.91 Å². The number of hydrogen-bond donors (Lipinski definition) is 1. The highest BCUT2D eigenvalue weighted by Gasteiger charge is 2.13. The smallest absolute Gasteiger partial charge is 0.251 e. The molecule has 0 spiro atoms. The lowest BCUT2D eigenvalue weighted by molar-refractivity contribution is 0.0940. The molecule has 4 rings (SSSR count). The zero-order valence-electron chi connectivity index (χ0n) is 18.8. The Balaban J connectivity index is 1.52. The molecule has 4 aromatic rings. The first-order valence-corrected chi connectivity index (χ1v) is 10.6. The average Bonchev–Trinajstić information content (AvgIpc) is 2.85. The van der Waals surface area contributed by atoms with E-state index in [0.717, 1.165) is 11.1 Å². The Morgan fingerprint density at radius 1 is 0.909 bits per heavy atom. The maximum atomic E-state index is 12.9. The van der Waals surface area contributed by atoms with E-state index in [9.17, 15) is 4.79 Å². The second kappa shape index (κ2) is 9.96. The van der Waals surface area contributed by atoms with Gasteiger partial charge in [-0.25, -0.2) is 9.97 Å². The molecule has 0 unspecified atom stereocenters. The molecule has 1 aromatic heterocycles. The quantitative estimate of drug-likeness (QED) is 0.397. The Labute approximate surface area is 193 Å². The molecule has 0 aliphatic rings. The second-order valence-electron chi connectivity index (χ2n) is 7.68. The van der Waals surface area contributed by atoms with E-state index in [-0.39, 0.29) is 11.9 Å². The van der Waals surface area contributed by atoms with Crippen LogP contribution in [0.4, 0.5) is 0 Å². The number of para-hydroxylation sites is 2. The van der Waals surface area contributed by atoms with E-state index >= 15 is 0 Å². The Hall–Kier alpha value is -4.19. The summed E-state index contributed by atoms with van der Waals surface area (Å²) in [7, 11) is 1.59. The maximum Gasteiger partial charge on any atom is 0.251 e. The first kappa shape index (κ1) is 22.0. The van der Waals surface area contributed by atoms with E-state index in [1.165, 1.54) is 11.9 Å². The lowest BCUT2D eigenvalue weighted by Crippen LogP contribution is -2.26. The average molecular weight is 440 g/mol. The number of carbonyl (C=O) groups is 1. The first-order chi connectivity index (χ1) is 16.0. The van der Waals surface area contributed by atoms with Crippen molar-refractivity contribution in [3.05, 3.63) is 102 Å². The largest absolute Gasteiger partial charge is 0.493 e. The highest BCUT2D eigenvalue weighted by molar-refractivity contribution is 5.95. The standard InChI is InChI=1S/C27H25N3O3/c1-18-11-13-20(14-12-18)19(2)30-27(31)22-8-6-7-21(15-22)23-16-26(29-17-28-23)33-25-10-5-4-9-24(25)32-3/h4-17,19H,1-3H3,(H,30,31)/t19-/m1/s1. The summed E-state index contributed by atoms with van der Waals surface area (Å²) in [6.07, 6.45) is 1.44. The third kappa shape index (κ3) is 5.36. The van der Waals surface area contributed by atoms with Gasteiger partial charge in [0.25, 0.3) is 5.91 Å². The molecule has 0 aliphatic carbocycles. The van der Waals surface area contributed by atoms with E-state index in [1.807, 2.05) is 74.5 Å². The molecule has 0 aliphatic heterocycles. The molecule has 6 heteroatoms. The van der Waals surface area contributed by atoms with Crippen LogP contribution in [-0.4, -0.2) is 23.0 Å². The van der Waals surface area contributed by atoms with Crippen molar-refractivity contribution in [2.75, 3.05) is 7.11 Å². The van der Waals surface area contributed by atoms with Gasteiger partial charge >= 0.3 is 0 Å². The monoisotopic (exact) mass is 439 g/mol. The summed E-state index contributed by atoms with van der Waals surface area (Å²) in [6, 6.07) is 24.4. The predicted molar refractivity (Wildman–Crippen MR) is 128 cm³/mol. The Kier molecular flexibility index (Phi) is 6.64. The van der Waals surface area contributed by atoms with Gasteiger partial charge in [-0.3, -0.25) is 4.79 Å². The molecule has 1 N–H and O–H groups in total. The van der Waals surface area contributed by atoms with Crippen LogP contribution in [0.5, 0.6) is 17.4 Å². The number of nitrogens with one attached hydrogen (secondary N) is 1. The summed E-state index contributed by atoms with van der Waals surface area (Å²) in [5.41, 5.74) is 4.23. The number of carbonyl (C=O) groups excluding carboxylic acids is 1. The third-order valence-corrected chi connectivity index (χ3v) is 5.27. The van der Waals surface area contributed by atoms with Crippen LogP contribution in [0.3, 0.4) is 0 Å². The van der Waals surface area contributed by atoms with Gasteiger partial charge in [0.1, 0.15) is 6.33 Å². The lowest BCUT2D eigenvalue weighted by atomic mass is 10.0. The minimum Gasteiger partial charge on any atom is -0.493 e. The van der Waals surface area contributed by atoms with Crippen LogP contribution in [0.2, 0.25) is 0 Å². The Morgan fingerprint density at radius 2 is 1.67 bits per heavy atom. The molecule has 0 saturated carbocycles. The van der Waals surface area contributed by atoms with E-state index in [1.54, 1.807) is 25.3 Å². The molecular weight excluding hydrogens is 414 g/mol. The molecule has 166 valence electrons. The van der Waals surface area contributed by atoms with Gasteiger partial charge in [0.2, 0.25) is 5.88 Å². The van der Waals surface area contributed by atoms with Gasteiger partial charge in [-0.2, -0.15) is 0 Å². The number of methoxy groups -OCH3 is 1. The molecule has 1 heterocycles. The van der Waals surface area contributed by atoms with Crippen LogP contribution in [0.25, 0.3) is 11.3 Å². The number of aryl methyl sites for hydroxylation is 1. The van der Waals surface area contributed by atoms with Crippen molar-refractivity contribution in [1.29, 1.82) is 0 Å². The highest BCUT2D eigenvalue weighted by atomic mass is 16.5. The van der Waals surface area contributed by atoms with Gasteiger partial charge in [0.05, 0.1) is 18.8 Å². The van der Waals surface area contributed by atoms with Crippen LogP contribution in [0, 0.1) is 6.92 Å². The summed E-state index contributed by atoms with van der Waals surface area (Å²) in [6.45, 7) is 4.01. The summed E-state index contributed by atoms with van der Waals surface area (Å²) < 4.78 is 11.2. The van der Waals surface area contributed by atoms with Gasteiger partial charge in [-0.15, -0.1) is 0 Å². The number of rotatable bonds is 7. The van der Waals surface area contributed by atoms with Crippen molar-refractivity contribution in [1.82, 2.24) is 15.3 Å². The van der Waals surface area contributed by atoms with Gasteiger partial charge < -0.3 is 14.8 Å². The topological polar surface area (TPSA) is 73.3 Å². The highest BCUT2D eigenvalue weighted by Crippen LogP contribution is 2.31. The van der Waals surface area contributed by atoms with Crippen LogP contribution in [0.1, 0.15) is 34.5 Å². The molecule has 6 nitrogen and oxygen atoms in total. The zero-order chi connectivity index (χ0) is 23.2. The Bertz CT molecular complexity index is 1260. The van der Waals surface area contributed by atoms with Gasteiger partial charge in [0.15, 0.2) is 11.5 Å². The second-order valence-corrected chi connectivity index (χ2v) is 7.68. The van der Waals surface area contributed by atoms with E-state index in [4.69, 9.17) is 9.47 Å². The fourth-order valence-corrected chi connectivity index (χ4v) is 3.41. The number of benzene rings is 3. The number of aromatic nitrogens is 2. The van der Waals surface area contributed by atoms with Crippen LogP contribution in [0.15, 0.2) is 85.2 Å². The normalized spacial score (nSPS) is 11.5. The van der Waals surface area contributed by atoms with Crippen LogP contribution in [-0.2, 0) is 0 Å². The zero-order valence-corrected chi connectivity index (χ0v) is 18.8. The fraction of sp³-hybridized carbons (Fsp3) is 0.148. The summed E-state index contributed by atoms with van der Waals surface area (Å²) in [5, 5.41) is 3.06. The fourth-order valence-electron chi connectivity index (χ4n) is 3.41. The number of ether oxygens (including phenoxy) is 2. The van der Waals surface area contributed by atoms with Crippen molar-refractivity contribution in [2.24, 2.45) is 0 Å². The van der Waals surface area contributed by atoms with Crippen molar-refractivity contribution in [2.45, 2.75) is 19.9 Å². The molecule has 0 radical (unpaired) electrons. The number of hydrogen-bond acceptors (Lipinski definition) is 5. The molecule has 0 fully saturated rings. The predicted octanol–water partition coefficient (Wildman–Crippen LogP) is 5.74. The molecular formula is C27H25N3O3. The number of amides is 1. The van der Waals surface area contributed by atoms with Gasteiger partial charge in [-0.1, -0.05) is 54.1 Å². The first-order valence-electron chi connectivity index (χ1n) is 10.6. The molecule has 3 aromatic carbocycles. The van der Waals surface area contributed by atoms with Crippen LogP contribution >= 0.6 is 0 Å². The van der Waals surface area contributed by atoms with Crippen LogP contribution < -0.4 is 14.8 Å². The Morgan fingerprint density at radius 3 is 2.42 bits per heavy atom. The summed E-state index contributed by atoms with van der Waals surface area (Å²) in [5.74, 6) is 1.40. The van der Waals surface area contributed by atoms with Crippen molar-refractivity contribution in [3.63, 3.8) is 0 Å². The number of nitrogens with zero attached hydrogens (tertiary/aromatic N) is 2. The summed E-state index contributed by atoms with van der Waals surface area (Å²) in [4.78, 5) is 21.4. The molecule has 33 heavy (non-hydrogen) atoms. The van der Waals surface area contributed by atoms with Gasteiger partial charge in [0, 0.05) is 17.2 Å². The third-order valence-electron chi connectivity index (χ3n) is 5.27. The van der Waals surface area contributed by atoms with Gasteiger partial charge in [-0.05, 0) is 43.7 Å². The molecule has 0 saturated heterocycles. The van der Waals surface area contributed by atoms with E-state index < -0.39 is 0 Å². The van der Waals surface area contributed by atoms with Crippen molar-refractivity contribution in [3.8, 4) is 28.6 Å². The molecule has 1 atom stereocenters. The minimum absolute atomic E-state index is 0.110.